The average molecular weight is 238 g/mol. The standard InChI is InChI=1S/C14H26N2O/c1-3-4-5-9-16-10-6-7-14(13-16)12-15-8-11-17-2/h1,14-15H,4-13H2,2H3. The highest BCUT2D eigenvalue weighted by Gasteiger charge is 2.18. The van der Waals surface area contributed by atoms with Crippen LogP contribution >= 0.6 is 0 Å². The molecule has 0 spiro atoms. The monoisotopic (exact) mass is 238 g/mol. The van der Waals surface area contributed by atoms with Crippen molar-refractivity contribution in [3.05, 3.63) is 0 Å². The van der Waals surface area contributed by atoms with E-state index < -0.39 is 0 Å². The van der Waals surface area contributed by atoms with Gasteiger partial charge in [0, 0.05) is 26.6 Å². The van der Waals surface area contributed by atoms with Crippen LogP contribution in [0.25, 0.3) is 0 Å². The van der Waals surface area contributed by atoms with Gasteiger partial charge in [-0.2, -0.15) is 0 Å². The number of rotatable bonds is 8. The van der Waals surface area contributed by atoms with Crippen molar-refractivity contribution in [2.75, 3.05) is 46.4 Å². The predicted molar refractivity (Wildman–Crippen MR) is 72.0 cm³/mol. The lowest BCUT2D eigenvalue weighted by atomic mass is 9.98. The number of hydrogen-bond acceptors (Lipinski definition) is 3. The first-order chi connectivity index (χ1) is 8.36. The molecule has 0 aromatic heterocycles. The van der Waals surface area contributed by atoms with Crippen LogP contribution in [0.2, 0.25) is 0 Å². The van der Waals surface area contributed by atoms with E-state index in [4.69, 9.17) is 11.2 Å². The lowest BCUT2D eigenvalue weighted by molar-refractivity contribution is 0.164. The molecule has 0 aromatic rings. The summed E-state index contributed by atoms with van der Waals surface area (Å²) in [5.74, 6) is 3.51. The molecule has 1 saturated heterocycles. The van der Waals surface area contributed by atoms with Gasteiger partial charge in [0.1, 0.15) is 0 Å². The number of nitrogens with one attached hydrogen (secondary N) is 1. The number of piperidine rings is 1. The van der Waals surface area contributed by atoms with Gasteiger partial charge in [-0.05, 0) is 44.8 Å². The number of methoxy groups -OCH3 is 1. The van der Waals surface area contributed by atoms with Gasteiger partial charge in [-0.3, -0.25) is 0 Å². The fourth-order valence-corrected chi connectivity index (χ4v) is 2.41. The van der Waals surface area contributed by atoms with E-state index in [0.29, 0.717) is 0 Å². The molecule has 1 N–H and O–H groups in total. The van der Waals surface area contributed by atoms with Crippen LogP contribution in [-0.2, 0) is 4.74 Å². The minimum Gasteiger partial charge on any atom is -0.383 e. The van der Waals surface area contributed by atoms with E-state index in [0.717, 1.165) is 38.5 Å². The van der Waals surface area contributed by atoms with Crippen LogP contribution in [0, 0.1) is 18.3 Å². The zero-order chi connectivity index (χ0) is 12.3. The van der Waals surface area contributed by atoms with Gasteiger partial charge in [0.15, 0.2) is 0 Å². The van der Waals surface area contributed by atoms with E-state index in [2.05, 4.69) is 16.1 Å². The van der Waals surface area contributed by atoms with Crippen molar-refractivity contribution in [3.63, 3.8) is 0 Å². The zero-order valence-electron chi connectivity index (χ0n) is 11.1. The summed E-state index contributed by atoms with van der Waals surface area (Å²) in [5.41, 5.74) is 0. The maximum Gasteiger partial charge on any atom is 0.0587 e. The first-order valence-corrected chi connectivity index (χ1v) is 6.72. The lowest BCUT2D eigenvalue weighted by Crippen LogP contribution is -2.40. The number of likely N-dealkylation sites (tertiary alicyclic amines) is 1. The van der Waals surface area contributed by atoms with Gasteiger partial charge in [0.2, 0.25) is 0 Å². The third-order valence-electron chi connectivity index (χ3n) is 3.31. The van der Waals surface area contributed by atoms with E-state index in [1.165, 1.54) is 32.5 Å². The molecule has 0 aliphatic carbocycles. The molecule has 0 saturated carbocycles. The van der Waals surface area contributed by atoms with Crippen molar-refractivity contribution in [1.82, 2.24) is 10.2 Å². The Hall–Kier alpha value is -0.560. The van der Waals surface area contributed by atoms with Gasteiger partial charge in [-0.1, -0.05) is 0 Å². The molecule has 3 heteroatoms. The van der Waals surface area contributed by atoms with Gasteiger partial charge in [-0.15, -0.1) is 12.3 Å². The first-order valence-electron chi connectivity index (χ1n) is 6.72. The van der Waals surface area contributed by atoms with Crippen LogP contribution in [0.15, 0.2) is 0 Å². The molecule has 3 nitrogen and oxygen atoms in total. The summed E-state index contributed by atoms with van der Waals surface area (Å²) in [5, 5.41) is 3.46. The Kier molecular flexibility index (Phi) is 8.08. The van der Waals surface area contributed by atoms with Gasteiger partial charge in [0.05, 0.1) is 6.61 Å². The van der Waals surface area contributed by atoms with Crippen LogP contribution in [0.1, 0.15) is 25.7 Å². The Morgan fingerprint density at radius 3 is 3.18 bits per heavy atom. The van der Waals surface area contributed by atoms with Gasteiger partial charge < -0.3 is 15.0 Å². The summed E-state index contributed by atoms with van der Waals surface area (Å²) in [7, 11) is 1.75. The van der Waals surface area contributed by atoms with Crippen molar-refractivity contribution in [2.45, 2.75) is 25.7 Å². The smallest absolute Gasteiger partial charge is 0.0587 e. The van der Waals surface area contributed by atoms with Gasteiger partial charge >= 0.3 is 0 Å². The molecule has 17 heavy (non-hydrogen) atoms. The second-order valence-electron chi connectivity index (χ2n) is 4.81. The fourth-order valence-electron chi connectivity index (χ4n) is 2.41. The maximum absolute atomic E-state index is 5.28. The molecular weight excluding hydrogens is 212 g/mol. The summed E-state index contributed by atoms with van der Waals surface area (Å²) >= 11 is 0. The van der Waals surface area contributed by atoms with Gasteiger partial charge in [-0.25, -0.2) is 0 Å². The minimum absolute atomic E-state index is 0.798. The normalized spacial score (nSPS) is 21.3. The number of terminal acetylenes is 1. The second kappa shape index (κ2) is 9.47. The topological polar surface area (TPSA) is 24.5 Å². The van der Waals surface area contributed by atoms with Crippen LogP contribution in [0.3, 0.4) is 0 Å². The second-order valence-corrected chi connectivity index (χ2v) is 4.81. The van der Waals surface area contributed by atoms with Crippen molar-refractivity contribution in [1.29, 1.82) is 0 Å². The lowest BCUT2D eigenvalue weighted by Gasteiger charge is -2.32. The SMILES string of the molecule is C#CCCCN1CCCC(CNCCOC)C1. The number of ether oxygens (including phenoxy) is 1. The number of unbranched alkanes of at least 4 members (excludes halogenated alkanes) is 1. The number of nitrogens with zero attached hydrogens (tertiary/aromatic N) is 1. The molecule has 1 atom stereocenters. The Balaban J connectivity index is 2.08. The largest absolute Gasteiger partial charge is 0.383 e. The van der Waals surface area contributed by atoms with Crippen LogP contribution in [-0.4, -0.2) is 51.3 Å². The molecule has 1 aliphatic rings. The van der Waals surface area contributed by atoms with E-state index in [1.54, 1.807) is 7.11 Å². The van der Waals surface area contributed by atoms with Crippen LogP contribution in [0.4, 0.5) is 0 Å². The molecule has 0 aromatic carbocycles. The predicted octanol–water partition coefficient (Wildman–Crippen LogP) is 1.35. The van der Waals surface area contributed by atoms with Crippen molar-refractivity contribution in [3.8, 4) is 12.3 Å². The molecule has 98 valence electrons. The van der Waals surface area contributed by atoms with E-state index in [-0.39, 0.29) is 0 Å². The van der Waals surface area contributed by atoms with Crippen LogP contribution in [0.5, 0.6) is 0 Å². The highest BCUT2D eigenvalue weighted by Crippen LogP contribution is 2.15. The Morgan fingerprint density at radius 1 is 1.53 bits per heavy atom. The third kappa shape index (κ3) is 6.68. The molecule has 0 amide bonds. The first kappa shape index (κ1) is 14.5. The summed E-state index contributed by atoms with van der Waals surface area (Å²) in [4.78, 5) is 2.56. The Bertz CT molecular complexity index is 225. The molecule has 1 unspecified atom stereocenters. The van der Waals surface area contributed by atoms with E-state index in [1.807, 2.05) is 0 Å². The molecule has 0 radical (unpaired) electrons. The summed E-state index contributed by atoms with van der Waals surface area (Å²) in [6.45, 7) is 6.53. The van der Waals surface area contributed by atoms with E-state index in [9.17, 15) is 0 Å². The summed E-state index contributed by atoms with van der Waals surface area (Å²) < 4.78 is 5.03. The minimum atomic E-state index is 0.798. The molecule has 0 bridgehead atoms. The fraction of sp³-hybridized carbons (Fsp3) is 0.857. The maximum atomic E-state index is 5.28. The zero-order valence-corrected chi connectivity index (χ0v) is 11.1. The Morgan fingerprint density at radius 2 is 2.41 bits per heavy atom. The molecule has 1 heterocycles. The summed E-state index contributed by atoms with van der Waals surface area (Å²) in [6.07, 6.45) is 10.0. The molecule has 1 aliphatic heterocycles. The molecule has 1 rings (SSSR count). The third-order valence-corrected chi connectivity index (χ3v) is 3.31. The Labute approximate surface area is 106 Å². The van der Waals surface area contributed by atoms with Crippen molar-refractivity contribution >= 4 is 0 Å². The molecule has 1 fully saturated rings. The number of hydrogen-bond donors (Lipinski definition) is 1. The quantitative estimate of drug-likeness (QED) is 0.510. The van der Waals surface area contributed by atoms with Crippen molar-refractivity contribution < 1.29 is 4.74 Å². The van der Waals surface area contributed by atoms with Crippen molar-refractivity contribution in [2.24, 2.45) is 5.92 Å². The van der Waals surface area contributed by atoms with Crippen LogP contribution < -0.4 is 5.32 Å². The highest BCUT2D eigenvalue weighted by molar-refractivity contribution is 4.84. The van der Waals surface area contributed by atoms with Gasteiger partial charge in [0.25, 0.3) is 0 Å². The average Bonchev–Trinajstić information content (AvgIpc) is 2.36. The van der Waals surface area contributed by atoms with E-state index >= 15 is 0 Å². The summed E-state index contributed by atoms with van der Waals surface area (Å²) in [6, 6.07) is 0. The highest BCUT2D eigenvalue weighted by atomic mass is 16.5. The molecular formula is C14H26N2O.